The Labute approximate surface area is 147 Å². The van der Waals surface area contributed by atoms with E-state index < -0.39 is 0 Å². The first-order valence-electron chi connectivity index (χ1n) is 10.1. The average molecular weight is 328 g/mol. The summed E-state index contributed by atoms with van der Waals surface area (Å²) in [5.74, 6) is 0.884. The Hall–Kier alpha value is -0.900. The highest BCUT2D eigenvalue weighted by molar-refractivity contribution is 5.14. The first-order chi connectivity index (χ1) is 11.9. The quantitative estimate of drug-likeness (QED) is 0.870. The van der Waals surface area contributed by atoms with Crippen molar-refractivity contribution in [3.05, 3.63) is 35.9 Å². The first-order valence-corrected chi connectivity index (χ1v) is 10.1. The van der Waals surface area contributed by atoms with E-state index >= 15 is 0 Å². The monoisotopic (exact) mass is 327 g/mol. The second-order valence-electron chi connectivity index (χ2n) is 8.11. The minimum absolute atomic E-state index is 0.740. The van der Waals surface area contributed by atoms with Gasteiger partial charge in [0.25, 0.3) is 0 Å². The molecule has 3 fully saturated rings. The number of likely N-dealkylation sites (tertiary alicyclic amines) is 1. The Bertz CT molecular complexity index is 489. The zero-order valence-corrected chi connectivity index (χ0v) is 14.9. The van der Waals surface area contributed by atoms with Gasteiger partial charge in [-0.3, -0.25) is 4.90 Å². The van der Waals surface area contributed by atoms with Gasteiger partial charge in [-0.25, -0.2) is 0 Å². The molecule has 1 aliphatic carbocycles. The van der Waals surface area contributed by atoms with E-state index in [2.05, 4.69) is 45.9 Å². The molecule has 0 bridgehead atoms. The Morgan fingerprint density at radius 3 is 2.54 bits per heavy atom. The van der Waals surface area contributed by atoms with E-state index in [0.29, 0.717) is 0 Å². The van der Waals surface area contributed by atoms with Crippen LogP contribution < -0.4 is 10.6 Å². The summed E-state index contributed by atoms with van der Waals surface area (Å²) in [6.07, 6.45) is 9.66. The summed E-state index contributed by atoms with van der Waals surface area (Å²) < 4.78 is 0. The van der Waals surface area contributed by atoms with Crippen molar-refractivity contribution in [2.24, 2.45) is 5.92 Å². The summed E-state index contributed by atoms with van der Waals surface area (Å²) in [6, 6.07) is 13.2. The smallest absolute Gasteiger partial charge is 0.0233 e. The molecule has 2 heterocycles. The fraction of sp³-hybridized carbons (Fsp3) is 0.714. The van der Waals surface area contributed by atoms with Crippen LogP contribution in [0, 0.1) is 5.92 Å². The highest BCUT2D eigenvalue weighted by atomic mass is 15.1. The Kier molecular flexibility index (Phi) is 5.51. The average Bonchev–Trinajstić information content (AvgIpc) is 3.29. The number of benzene rings is 1. The SMILES string of the molecule is c1ccc(CN2CCC(NC3CCCC3C3CCCN3)CC2)cc1. The number of rotatable bonds is 5. The largest absolute Gasteiger partial charge is 0.314 e. The topological polar surface area (TPSA) is 27.3 Å². The van der Waals surface area contributed by atoms with Crippen molar-refractivity contribution in [1.82, 2.24) is 15.5 Å². The van der Waals surface area contributed by atoms with Gasteiger partial charge in [0.15, 0.2) is 0 Å². The lowest BCUT2D eigenvalue weighted by atomic mass is 9.91. The number of piperidine rings is 1. The normalized spacial score (nSPS) is 32.4. The summed E-state index contributed by atoms with van der Waals surface area (Å²) in [5, 5.41) is 7.81. The molecule has 3 atom stereocenters. The Balaban J connectivity index is 1.24. The molecule has 2 N–H and O–H groups in total. The predicted molar refractivity (Wildman–Crippen MR) is 100 cm³/mol. The Morgan fingerprint density at radius 2 is 1.79 bits per heavy atom. The Morgan fingerprint density at radius 1 is 0.958 bits per heavy atom. The fourth-order valence-electron chi connectivity index (χ4n) is 5.16. The second kappa shape index (κ2) is 7.99. The highest BCUT2D eigenvalue weighted by Gasteiger charge is 2.36. The fourth-order valence-corrected chi connectivity index (χ4v) is 5.16. The van der Waals surface area contributed by atoms with Crippen LogP contribution in [0.4, 0.5) is 0 Å². The molecule has 3 nitrogen and oxygen atoms in total. The molecule has 4 rings (SSSR count). The molecule has 1 saturated carbocycles. The molecule has 0 spiro atoms. The maximum atomic E-state index is 4.06. The summed E-state index contributed by atoms with van der Waals surface area (Å²) >= 11 is 0. The third-order valence-corrected chi connectivity index (χ3v) is 6.47. The molecule has 2 aliphatic heterocycles. The molecule has 1 aromatic carbocycles. The number of nitrogens with zero attached hydrogens (tertiary/aromatic N) is 1. The number of hydrogen-bond acceptors (Lipinski definition) is 3. The standard InChI is InChI=1S/C21H33N3/c1-2-6-17(7-3-1)16-24-14-11-18(12-15-24)23-21-9-4-8-19(21)20-10-5-13-22-20/h1-3,6-7,18-23H,4-5,8-16H2. The molecule has 2 saturated heterocycles. The lowest BCUT2D eigenvalue weighted by Crippen LogP contribution is -2.49. The summed E-state index contributed by atoms with van der Waals surface area (Å²) in [7, 11) is 0. The van der Waals surface area contributed by atoms with Crippen molar-refractivity contribution in [3.63, 3.8) is 0 Å². The zero-order chi connectivity index (χ0) is 16.2. The first kappa shape index (κ1) is 16.6. The van der Waals surface area contributed by atoms with E-state index in [4.69, 9.17) is 0 Å². The molecule has 3 unspecified atom stereocenters. The third-order valence-electron chi connectivity index (χ3n) is 6.47. The van der Waals surface area contributed by atoms with E-state index in [1.807, 2.05) is 0 Å². The molecular weight excluding hydrogens is 294 g/mol. The lowest BCUT2D eigenvalue weighted by Gasteiger charge is -2.36. The maximum Gasteiger partial charge on any atom is 0.0233 e. The van der Waals surface area contributed by atoms with Crippen molar-refractivity contribution in [3.8, 4) is 0 Å². The van der Waals surface area contributed by atoms with Crippen LogP contribution in [0.5, 0.6) is 0 Å². The van der Waals surface area contributed by atoms with E-state index in [-0.39, 0.29) is 0 Å². The van der Waals surface area contributed by atoms with Crippen LogP contribution in [0.3, 0.4) is 0 Å². The molecule has 3 heteroatoms. The van der Waals surface area contributed by atoms with Crippen LogP contribution in [-0.2, 0) is 6.54 Å². The highest BCUT2D eigenvalue weighted by Crippen LogP contribution is 2.32. The van der Waals surface area contributed by atoms with Crippen molar-refractivity contribution in [1.29, 1.82) is 0 Å². The molecule has 132 valence electrons. The van der Waals surface area contributed by atoms with Gasteiger partial charge in [-0.2, -0.15) is 0 Å². The summed E-state index contributed by atoms with van der Waals surface area (Å²) in [5.41, 5.74) is 1.45. The molecule has 0 aromatic heterocycles. The van der Waals surface area contributed by atoms with Crippen LogP contribution in [-0.4, -0.2) is 42.7 Å². The lowest BCUT2D eigenvalue weighted by molar-refractivity contribution is 0.174. The molecule has 3 aliphatic rings. The second-order valence-corrected chi connectivity index (χ2v) is 8.11. The van der Waals surface area contributed by atoms with Crippen LogP contribution in [0.25, 0.3) is 0 Å². The minimum atomic E-state index is 0.740. The molecule has 24 heavy (non-hydrogen) atoms. The minimum Gasteiger partial charge on any atom is -0.314 e. The third kappa shape index (κ3) is 4.01. The van der Waals surface area contributed by atoms with Gasteiger partial charge in [0, 0.05) is 24.7 Å². The van der Waals surface area contributed by atoms with Gasteiger partial charge in [-0.15, -0.1) is 0 Å². The van der Waals surface area contributed by atoms with E-state index in [1.165, 1.54) is 70.1 Å². The van der Waals surface area contributed by atoms with Gasteiger partial charge in [0.05, 0.1) is 0 Å². The van der Waals surface area contributed by atoms with Crippen molar-refractivity contribution in [2.75, 3.05) is 19.6 Å². The molecule has 0 amide bonds. The maximum absolute atomic E-state index is 4.06. The van der Waals surface area contributed by atoms with Gasteiger partial charge in [-0.1, -0.05) is 36.8 Å². The summed E-state index contributed by atoms with van der Waals surface area (Å²) in [4.78, 5) is 2.62. The van der Waals surface area contributed by atoms with Crippen molar-refractivity contribution >= 4 is 0 Å². The predicted octanol–water partition coefficient (Wildman–Crippen LogP) is 3.16. The number of nitrogens with one attached hydrogen (secondary N) is 2. The van der Waals surface area contributed by atoms with Gasteiger partial charge >= 0.3 is 0 Å². The van der Waals surface area contributed by atoms with E-state index in [0.717, 1.165) is 30.6 Å². The molecule has 1 aromatic rings. The van der Waals surface area contributed by atoms with Gasteiger partial charge in [0.2, 0.25) is 0 Å². The van der Waals surface area contributed by atoms with Crippen molar-refractivity contribution < 1.29 is 0 Å². The number of hydrogen-bond donors (Lipinski definition) is 2. The van der Waals surface area contributed by atoms with Gasteiger partial charge in [0.1, 0.15) is 0 Å². The van der Waals surface area contributed by atoms with Gasteiger partial charge in [-0.05, 0) is 69.6 Å². The van der Waals surface area contributed by atoms with E-state index in [1.54, 1.807) is 0 Å². The summed E-state index contributed by atoms with van der Waals surface area (Å²) in [6.45, 7) is 4.84. The van der Waals surface area contributed by atoms with Crippen LogP contribution in [0.2, 0.25) is 0 Å². The molecule has 0 radical (unpaired) electrons. The van der Waals surface area contributed by atoms with Crippen LogP contribution in [0.1, 0.15) is 50.5 Å². The van der Waals surface area contributed by atoms with E-state index in [9.17, 15) is 0 Å². The van der Waals surface area contributed by atoms with Crippen LogP contribution >= 0.6 is 0 Å². The van der Waals surface area contributed by atoms with Crippen LogP contribution in [0.15, 0.2) is 30.3 Å². The van der Waals surface area contributed by atoms with Crippen molar-refractivity contribution in [2.45, 2.75) is 69.6 Å². The molecular formula is C21H33N3. The van der Waals surface area contributed by atoms with Gasteiger partial charge < -0.3 is 10.6 Å². The zero-order valence-electron chi connectivity index (χ0n) is 14.9.